The van der Waals surface area contributed by atoms with Crippen LogP contribution in [0.1, 0.15) is 29.8 Å². The molecule has 0 radical (unpaired) electrons. The largest absolute Gasteiger partial charge is 0.493 e. The fourth-order valence-electron chi connectivity index (χ4n) is 3.32. The molecule has 1 aliphatic rings. The van der Waals surface area contributed by atoms with Crippen LogP contribution < -0.4 is 20.1 Å². The standard InChI is InChI=1S/C22H23N3O6/c1-13(26)14-5-8-16(9-6-14)23-19(27)12-25-20(28)22(2,24-21(25)29)15-7-10-17(30-3)18(11-15)31-4/h5-11H,12H2,1-4H3,(H,23,27)(H,24,29)/t22-/m1/s1. The minimum Gasteiger partial charge on any atom is -0.493 e. The number of amides is 4. The Bertz CT molecular complexity index is 1050. The van der Waals surface area contributed by atoms with E-state index in [0.717, 1.165) is 4.90 Å². The van der Waals surface area contributed by atoms with Gasteiger partial charge in [0.15, 0.2) is 17.3 Å². The molecule has 31 heavy (non-hydrogen) atoms. The van der Waals surface area contributed by atoms with Crippen LogP contribution in [-0.2, 0) is 15.1 Å². The van der Waals surface area contributed by atoms with Crippen LogP contribution in [-0.4, -0.2) is 49.3 Å². The summed E-state index contributed by atoms with van der Waals surface area (Å²) in [5.74, 6) is -0.304. The molecule has 1 aliphatic heterocycles. The molecule has 0 unspecified atom stereocenters. The molecule has 0 spiro atoms. The minimum atomic E-state index is -1.36. The highest BCUT2D eigenvalue weighted by atomic mass is 16.5. The van der Waals surface area contributed by atoms with Gasteiger partial charge in [-0.25, -0.2) is 4.79 Å². The fraction of sp³-hybridized carbons (Fsp3) is 0.273. The van der Waals surface area contributed by atoms with Crippen molar-refractivity contribution in [1.82, 2.24) is 10.2 Å². The second-order valence-electron chi connectivity index (χ2n) is 7.20. The van der Waals surface area contributed by atoms with Gasteiger partial charge in [0.1, 0.15) is 12.1 Å². The van der Waals surface area contributed by atoms with E-state index >= 15 is 0 Å². The monoisotopic (exact) mass is 425 g/mol. The van der Waals surface area contributed by atoms with Crippen molar-refractivity contribution in [2.45, 2.75) is 19.4 Å². The number of ether oxygens (including phenoxy) is 2. The van der Waals surface area contributed by atoms with Gasteiger partial charge >= 0.3 is 6.03 Å². The van der Waals surface area contributed by atoms with E-state index in [1.165, 1.54) is 21.1 Å². The highest BCUT2D eigenvalue weighted by Gasteiger charge is 2.49. The summed E-state index contributed by atoms with van der Waals surface area (Å²) in [6.07, 6.45) is 0. The summed E-state index contributed by atoms with van der Waals surface area (Å²) in [6.45, 7) is 2.55. The van der Waals surface area contributed by atoms with Crippen molar-refractivity contribution in [3.05, 3.63) is 53.6 Å². The number of ketones is 1. The molecule has 1 fully saturated rings. The molecule has 4 amide bonds. The van der Waals surface area contributed by atoms with Gasteiger partial charge in [0.2, 0.25) is 5.91 Å². The first kappa shape index (κ1) is 21.8. The quantitative estimate of drug-likeness (QED) is 0.520. The topological polar surface area (TPSA) is 114 Å². The van der Waals surface area contributed by atoms with Crippen LogP contribution in [0.25, 0.3) is 0 Å². The van der Waals surface area contributed by atoms with Crippen molar-refractivity contribution in [1.29, 1.82) is 0 Å². The summed E-state index contributed by atoms with van der Waals surface area (Å²) < 4.78 is 10.5. The van der Waals surface area contributed by atoms with Crippen molar-refractivity contribution in [2.75, 3.05) is 26.1 Å². The Kier molecular flexibility index (Phi) is 5.96. The number of imide groups is 1. The number of hydrogen-bond acceptors (Lipinski definition) is 6. The Morgan fingerprint density at radius 2 is 1.68 bits per heavy atom. The average molecular weight is 425 g/mol. The first-order valence-electron chi connectivity index (χ1n) is 9.47. The van der Waals surface area contributed by atoms with E-state index in [-0.39, 0.29) is 5.78 Å². The molecule has 3 rings (SSSR count). The molecular formula is C22H23N3O6. The maximum atomic E-state index is 13.1. The zero-order valence-corrected chi connectivity index (χ0v) is 17.6. The summed E-state index contributed by atoms with van der Waals surface area (Å²) in [4.78, 5) is 50.2. The van der Waals surface area contributed by atoms with Crippen molar-refractivity contribution in [2.24, 2.45) is 0 Å². The third kappa shape index (κ3) is 4.20. The maximum absolute atomic E-state index is 13.1. The van der Waals surface area contributed by atoms with E-state index in [2.05, 4.69) is 10.6 Å². The number of carbonyl (C=O) groups is 4. The van der Waals surface area contributed by atoms with E-state index in [0.29, 0.717) is 28.3 Å². The number of hydrogen-bond donors (Lipinski definition) is 2. The summed E-state index contributed by atoms with van der Waals surface area (Å²) in [7, 11) is 2.97. The molecule has 0 aliphatic carbocycles. The zero-order chi connectivity index (χ0) is 22.8. The number of benzene rings is 2. The third-order valence-electron chi connectivity index (χ3n) is 5.11. The lowest BCUT2D eigenvalue weighted by atomic mass is 9.91. The molecule has 1 atom stereocenters. The Labute approximate surface area is 179 Å². The number of carbonyl (C=O) groups excluding carboxylic acids is 4. The molecule has 1 heterocycles. The van der Waals surface area contributed by atoms with Crippen LogP contribution in [0, 0.1) is 0 Å². The van der Waals surface area contributed by atoms with Crippen LogP contribution in [0.4, 0.5) is 10.5 Å². The number of methoxy groups -OCH3 is 2. The molecule has 2 aromatic carbocycles. The fourth-order valence-corrected chi connectivity index (χ4v) is 3.32. The van der Waals surface area contributed by atoms with Crippen LogP contribution in [0.3, 0.4) is 0 Å². The number of nitrogens with zero attached hydrogens (tertiary/aromatic N) is 1. The summed E-state index contributed by atoms with van der Waals surface area (Å²) in [6, 6.07) is 10.5. The highest BCUT2D eigenvalue weighted by molar-refractivity contribution is 6.10. The smallest absolute Gasteiger partial charge is 0.325 e. The number of nitrogens with one attached hydrogen (secondary N) is 2. The normalized spacial score (nSPS) is 17.9. The van der Waals surface area contributed by atoms with Crippen molar-refractivity contribution in [3.63, 3.8) is 0 Å². The number of rotatable bonds is 7. The Hall–Kier alpha value is -3.88. The predicted octanol–water partition coefficient (Wildman–Crippen LogP) is 2.31. The van der Waals surface area contributed by atoms with Gasteiger partial charge in [-0.1, -0.05) is 6.07 Å². The number of urea groups is 1. The zero-order valence-electron chi connectivity index (χ0n) is 17.6. The lowest BCUT2D eigenvalue weighted by Gasteiger charge is -2.23. The molecule has 2 N–H and O–H groups in total. The van der Waals surface area contributed by atoms with Crippen LogP contribution in [0.2, 0.25) is 0 Å². The molecular weight excluding hydrogens is 402 g/mol. The Balaban J connectivity index is 1.75. The SMILES string of the molecule is COc1ccc([C@@]2(C)NC(=O)N(CC(=O)Nc3ccc(C(C)=O)cc3)C2=O)cc1OC. The second-order valence-corrected chi connectivity index (χ2v) is 7.20. The summed E-state index contributed by atoms with van der Waals surface area (Å²) >= 11 is 0. The van der Waals surface area contributed by atoms with Crippen molar-refractivity contribution in [3.8, 4) is 11.5 Å². The van der Waals surface area contributed by atoms with E-state index in [1.54, 1.807) is 49.4 Å². The lowest BCUT2D eigenvalue weighted by Crippen LogP contribution is -2.42. The van der Waals surface area contributed by atoms with Gasteiger partial charge in [-0.05, 0) is 55.8 Å². The minimum absolute atomic E-state index is 0.0911. The van der Waals surface area contributed by atoms with E-state index in [9.17, 15) is 19.2 Å². The predicted molar refractivity (Wildman–Crippen MR) is 112 cm³/mol. The average Bonchev–Trinajstić information content (AvgIpc) is 2.97. The molecule has 0 saturated carbocycles. The first-order chi connectivity index (χ1) is 14.7. The lowest BCUT2D eigenvalue weighted by molar-refractivity contribution is -0.133. The summed E-state index contributed by atoms with van der Waals surface area (Å²) in [5, 5.41) is 5.26. The number of Topliss-reactive ketones (excluding diaryl/α,β-unsaturated/α-hetero) is 1. The first-order valence-corrected chi connectivity index (χ1v) is 9.47. The highest BCUT2D eigenvalue weighted by Crippen LogP contribution is 2.35. The Morgan fingerprint density at radius 1 is 1.03 bits per heavy atom. The van der Waals surface area contributed by atoms with Gasteiger partial charge < -0.3 is 20.1 Å². The van der Waals surface area contributed by atoms with E-state index in [4.69, 9.17) is 9.47 Å². The Morgan fingerprint density at radius 3 is 2.26 bits per heavy atom. The number of anilines is 1. The molecule has 0 bridgehead atoms. The molecule has 162 valence electrons. The van der Waals surface area contributed by atoms with Crippen LogP contribution in [0.15, 0.2) is 42.5 Å². The van der Waals surface area contributed by atoms with Gasteiger partial charge in [0.25, 0.3) is 5.91 Å². The molecule has 9 heteroatoms. The van der Waals surface area contributed by atoms with Crippen molar-refractivity contribution < 1.29 is 28.7 Å². The molecule has 0 aromatic heterocycles. The second kappa shape index (κ2) is 8.47. The molecule has 2 aromatic rings. The van der Waals surface area contributed by atoms with Gasteiger partial charge in [-0.15, -0.1) is 0 Å². The summed E-state index contributed by atoms with van der Waals surface area (Å²) in [5.41, 5.74) is 0.0915. The van der Waals surface area contributed by atoms with Gasteiger partial charge in [-0.2, -0.15) is 0 Å². The maximum Gasteiger partial charge on any atom is 0.325 e. The van der Waals surface area contributed by atoms with Crippen molar-refractivity contribution >= 4 is 29.3 Å². The van der Waals surface area contributed by atoms with Gasteiger partial charge in [0.05, 0.1) is 14.2 Å². The van der Waals surface area contributed by atoms with E-state index in [1.807, 2.05) is 0 Å². The van der Waals surface area contributed by atoms with Gasteiger partial charge in [-0.3, -0.25) is 19.3 Å². The van der Waals surface area contributed by atoms with Crippen LogP contribution >= 0.6 is 0 Å². The molecule has 1 saturated heterocycles. The van der Waals surface area contributed by atoms with Gasteiger partial charge in [0, 0.05) is 11.3 Å². The third-order valence-corrected chi connectivity index (χ3v) is 5.11. The molecule has 9 nitrogen and oxygen atoms in total. The van der Waals surface area contributed by atoms with E-state index < -0.39 is 29.9 Å². The van der Waals surface area contributed by atoms with Crippen LogP contribution in [0.5, 0.6) is 11.5 Å².